The van der Waals surface area contributed by atoms with Gasteiger partial charge in [0.2, 0.25) is 0 Å². The van der Waals surface area contributed by atoms with E-state index in [4.69, 9.17) is 5.26 Å². The lowest BCUT2D eigenvalue weighted by Crippen LogP contribution is -2.34. The van der Waals surface area contributed by atoms with E-state index in [0.29, 0.717) is 17.6 Å². The van der Waals surface area contributed by atoms with Gasteiger partial charge in [0.25, 0.3) is 0 Å². The molecule has 5 nitrogen and oxygen atoms in total. The minimum Gasteiger partial charge on any atom is -0.365 e. The second kappa shape index (κ2) is 6.81. The molecule has 1 aromatic rings. The molecule has 0 bridgehead atoms. The summed E-state index contributed by atoms with van der Waals surface area (Å²) in [4.78, 5) is 10.4. The van der Waals surface area contributed by atoms with Crippen molar-refractivity contribution in [3.8, 4) is 6.07 Å². The van der Waals surface area contributed by atoms with E-state index in [-0.39, 0.29) is 0 Å². The lowest BCUT2D eigenvalue weighted by atomic mass is 10.3. The number of hydrogen-bond acceptors (Lipinski definition) is 5. The Hall–Kier alpha value is -1.67. The van der Waals surface area contributed by atoms with E-state index < -0.39 is 0 Å². The third-order valence-electron chi connectivity index (χ3n) is 2.59. The van der Waals surface area contributed by atoms with Crippen LogP contribution in [0, 0.1) is 11.3 Å². The van der Waals surface area contributed by atoms with Crippen molar-refractivity contribution in [1.29, 1.82) is 5.26 Å². The predicted octanol–water partition coefficient (Wildman–Crippen LogP) is 1.49. The van der Waals surface area contributed by atoms with Crippen molar-refractivity contribution in [2.24, 2.45) is 0 Å². The van der Waals surface area contributed by atoms with Gasteiger partial charge in [-0.05, 0) is 20.0 Å². The van der Waals surface area contributed by atoms with Gasteiger partial charge in [0.1, 0.15) is 11.9 Å². The van der Waals surface area contributed by atoms with E-state index in [9.17, 15) is 0 Å². The second-order valence-corrected chi connectivity index (χ2v) is 3.93. The maximum atomic E-state index is 8.61. The molecule has 0 aromatic carbocycles. The molecule has 0 fully saturated rings. The molecule has 1 unspecified atom stereocenters. The molecule has 1 rings (SSSR count). The molecule has 0 amide bonds. The average Bonchev–Trinajstić information content (AvgIpc) is 2.37. The van der Waals surface area contributed by atoms with E-state index in [0.717, 1.165) is 19.6 Å². The Bertz CT molecular complexity index is 363. The van der Waals surface area contributed by atoms with Gasteiger partial charge in [-0.15, -0.1) is 0 Å². The highest BCUT2D eigenvalue weighted by Gasteiger charge is 2.07. The highest BCUT2D eigenvalue weighted by atomic mass is 15.1. The summed E-state index contributed by atoms with van der Waals surface area (Å²) in [6.07, 6.45) is 3.07. The van der Waals surface area contributed by atoms with E-state index in [1.54, 1.807) is 6.20 Å². The van der Waals surface area contributed by atoms with Gasteiger partial charge >= 0.3 is 0 Å². The molecule has 0 saturated carbocycles. The lowest BCUT2D eigenvalue weighted by Gasteiger charge is -2.23. The van der Waals surface area contributed by atoms with E-state index in [1.807, 2.05) is 6.07 Å². The van der Waals surface area contributed by atoms with Crippen LogP contribution in [0.1, 0.15) is 26.5 Å². The van der Waals surface area contributed by atoms with Crippen molar-refractivity contribution >= 4 is 5.82 Å². The maximum absolute atomic E-state index is 8.61. The smallest absolute Gasteiger partial charge is 0.158 e. The quantitative estimate of drug-likeness (QED) is 0.806. The zero-order chi connectivity index (χ0) is 12.7. The Morgan fingerprint density at radius 3 is 2.53 bits per heavy atom. The van der Waals surface area contributed by atoms with Crippen LogP contribution in [0.5, 0.6) is 0 Å². The number of nitrogens with one attached hydrogen (secondary N) is 1. The number of likely N-dealkylation sites (N-methyl/N-ethyl adjacent to an activating group) is 1. The number of anilines is 1. The summed E-state index contributed by atoms with van der Waals surface area (Å²) in [5, 5.41) is 11.9. The maximum Gasteiger partial charge on any atom is 0.158 e. The number of nitrogens with zero attached hydrogens (tertiary/aromatic N) is 4. The molecular weight excluding hydrogens is 214 g/mol. The van der Waals surface area contributed by atoms with Crippen LogP contribution in [-0.4, -0.2) is 40.5 Å². The first kappa shape index (κ1) is 13.4. The summed E-state index contributed by atoms with van der Waals surface area (Å²) >= 11 is 0. The molecule has 1 aromatic heterocycles. The molecule has 5 heteroatoms. The highest BCUT2D eigenvalue weighted by molar-refractivity contribution is 5.34. The second-order valence-electron chi connectivity index (χ2n) is 3.93. The van der Waals surface area contributed by atoms with Gasteiger partial charge in [-0.25, -0.2) is 9.97 Å². The van der Waals surface area contributed by atoms with Crippen molar-refractivity contribution in [3.05, 3.63) is 18.1 Å². The molecule has 1 N–H and O–H groups in total. The molecule has 17 heavy (non-hydrogen) atoms. The summed E-state index contributed by atoms with van der Waals surface area (Å²) in [6, 6.07) is 2.25. The van der Waals surface area contributed by atoms with Crippen molar-refractivity contribution in [3.63, 3.8) is 0 Å². The number of nitriles is 1. The van der Waals surface area contributed by atoms with Gasteiger partial charge in [0.05, 0.1) is 12.4 Å². The van der Waals surface area contributed by atoms with Crippen LogP contribution in [0.15, 0.2) is 12.4 Å². The molecule has 0 saturated heterocycles. The van der Waals surface area contributed by atoms with Crippen LogP contribution in [0.3, 0.4) is 0 Å². The zero-order valence-electron chi connectivity index (χ0n) is 10.6. The normalized spacial score (nSPS) is 12.2. The van der Waals surface area contributed by atoms with Crippen molar-refractivity contribution in [1.82, 2.24) is 14.9 Å². The van der Waals surface area contributed by atoms with Gasteiger partial charge in [-0.1, -0.05) is 13.8 Å². The summed E-state index contributed by atoms with van der Waals surface area (Å²) in [5.74, 6) is 0.712. The van der Waals surface area contributed by atoms with Crippen LogP contribution in [0.4, 0.5) is 5.82 Å². The number of rotatable bonds is 6. The molecular formula is C12H19N5. The first-order chi connectivity index (χ1) is 8.19. The first-order valence-electron chi connectivity index (χ1n) is 5.90. The van der Waals surface area contributed by atoms with Gasteiger partial charge in [-0.2, -0.15) is 5.26 Å². The zero-order valence-corrected chi connectivity index (χ0v) is 10.6. The van der Waals surface area contributed by atoms with Gasteiger partial charge < -0.3 is 10.2 Å². The predicted molar refractivity (Wildman–Crippen MR) is 67.6 cm³/mol. The third-order valence-corrected chi connectivity index (χ3v) is 2.59. The van der Waals surface area contributed by atoms with Crippen LogP contribution in [0.25, 0.3) is 0 Å². The number of hydrogen-bond donors (Lipinski definition) is 1. The minimum absolute atomic E-state index is 0.303. The summed E-state index contributed by atoms with van der Waals surface area (Å²) in [6.45, 7) is 9.46. The summed E-state index contributed by atoms with van der Waals surface area (Å²) < 4.78 is 0. The van der Waals surface area contributed by atoms with Crippen molar-refractivity contribution in [2.75, 3.05) is 25.0 Å². The fraction of sp³-hybridized carbons (Fsp3) is 0.583. The average molecular weight is 233 g/mol. The topological polar surface area (TPSA) is 64.8 Å². The Morgan fingerprint density at radius 1 is 1.35 bits per heavy atom. The Morgan fingerprint density at radius 2 is 2.06 bits per heavy atom. The molecule has 0 aliphatic rings. The lowest BCUT2D eigenvalue weighted by molar-refractivity contribution is 0.294. The first-order valence-corrected chi connectivity index (χ1v) is 5.90. The van der Waals surface area contributed by atoms with Crippen LogP contribution in [-0.2, 0) is 0 Å². The highest BCUT2D eigenvalue weighted by Crippen LogP contribution is 2.03. The molecule has 0 aliphatic heterocycles. The standard InChI is InChI=1S/C12H19N5/c1-4-17(5-2)9-10(3)16-12-8-14-11(6-13)7-15-12/h7-8,10H,4-5,9H2,1-3H3,(H,15,16). The molecule has 0 radical (unpaired) electrons. The van der Waals surface area contributed by atoms with Crippen molar-refractivity contribution < 1.29 is 0 Å². The van der Waals surface area contributed by atoms with E-state index in [2.05, 4.69) is 41.0 Å². The molecule has 1 atom stereocenters. The monoisotopic (exact) mass is 233 g/mol. The third kappa shape index (κ3) is 4.37. The van der Waals surface area contributed by atoms with Gasteiger partial charge in [-0.3, -0.25) is 0 Å². The summed E-state index contributed by atoms with van der Waals surface area (Å²) in [5.41, 5.74) is 0.340. The molecule has 0 spiro atoms. The largest absolute Gasteiger partial charge is 0.365 e. The Kier molecular flexibility index (Phi) is 5.37. The molecule has 92 valence electrons. The van der Waals surface area contributed by atoms with Gasteiger partial charge in [0.15, 0.2) is 5.69 Å². The van der Waals surface area contributed by atoms with Crippen LogP contribution < -0.4 is 5.32 Å². The number of aromatic nitrogens is 2. The fourth-order valence-electron chi connectivity index (χ4n) is 1.63. The Labute approximate surface area is 102 Å². The van der Waals surface area contributed by atoms with Crippen LogP contribution >= 0.6 is 0 Å². The van der Waals surface area contributed by atoms with Crippen molar-refractivity contribution in [2.45, 2.75) is 26.8 Å². The van der Waals surface area contributed by atoms with Gasteiger partial charge in [0, 0.05) is 12.6 Å². The SMILES string of the molecule is CCN(CC)CC(C)Nc1cnc(C#N)cn1. The Balaban J connectivity index is 2.50. The molecule has 0 aliphatic carbocycles. The fourth-order valence-corrected chi connectivity index (χ4v) is 1.63. The summed E-state index contributed by atoms with van der Waals surface area (Å²) in [7, 11) is 0. The van der Waals surface area contributed by atoms with E-state index >= 15 is 0 Å². The minimum atomic E-state index is 0.303. The van der Waals surface area contributed by atoms with Crippen LogP contribution in [0.2, 0.25) is 0 Å². The molecule has 1 heterocycles. The van der Waals surface area contributed by atoms with E-state index in [1.165, 1.54) is 6.20 Å².